The SMILES string of the molecule is CC(C)(C)C1=[C-]CC=C1.CC(C)(C)C1=[C-]CC=C1.Oc1ccc(C(F)(F)F)cc1.Oc1ccc(C(F)(F)F)cc1.[CH3-].[CH3-].[SiH2]=[Zr]. The first-order chi connectivity index (χ1) is 19.2. The fourth-order valence-electron chi connectivity index (χ4n) is 3.14. The van der Waals surface area contributed by atoms with Crippen LogP contribution in [0.25, 0.3) is 0 Å². The zero-order valence-corrected chi connectivity index (χ0v) is 30.6. The molecule has 10 heteroatoms. The maximum atomic E-state index is 11.8. The van der Waals surface area contributed by atoms with E-state index in [0.717, 1.165) is 61.4 Å². The van der Waals surface area contributed by atoms with Gasteiger partial charge in [-0.3, -0.25) is 12.2 Å². The van der Waals surface area contributed by atoms with Crippen molar-refractivity contribution in [3.05, 3.63) is 122 Å². The predicted molar refractivity (Wildman–Crippen MR) is 168 cm³/mol. The first-order valence-electron chi connectivity index (χ1n) is 12.8. The Balaban J connectivity index is -0.000000494. The van der Waals surface area contributed by atoms with E-state index in [4.69, 9.17) is 10.2 Å². The van der Waals surface area contributed by atoms with Crippen molar-refractivity contribution in [1.29, 1.82) is 0 Å². The van der Waals surface area contributed by atoms with E-state index in [0.29, 0.717) is 10.8 Å². The third-order valence-corrected chi connectivity index (χ3v) is 5.40. The second kappa shape index (κ2) is 20.7. The maximum absolute atomic E-state index is 11.8. The number of phenols is 2. The summed E-state index contributed by atoms with van der Waals surface area (Å²) in [7, 11) is 0. The van der Waals surface area contributed by atoms with Gasteiger partial charge in [0.2, 0.25) is 0 Å². The number of phenolic OH excluding ortho intramolecular Hbond substituents is 2. The van der Waals surface area contributed by atoms with Gasteiger partial charge < -0.3 is 25.1 Å². The van der Waals surface area contributed by atoms with E-state index in [1.807, 2.05) is 6.88 Å². The Morgan fingerprint density at radius 1 is 0.568 bits per heavy atom. The summed E-state index contributed by atoms with van der Waals surface area (Å²) < 4.78 is 71.0. The quantitative estimate of drug-likeness (QED) is 0.162. The third-order valence-electron chi connectivity index (χ3n) is 5.40. The van der Waals surface area contributed by atoms with Gasteiger partial charge in [0.25, 0.3) is 0 Å². The molecule has 0 fully saturated rings. The summed E-state index contributed by atoms with van der Waals surface area (Å²) in [6.45, 7) is 15.2. The van der Waals surface area contributed by atoms with Crippen molar-refractivity contribution < 1.29 is 59.9 Å². The van der Waals surface area contributed by atoms with Gasteiger partial charge in [0.05, 0.1) is 11.1 Å². The van der Waals surface area contributed by atoms with Crippen LogP contribution >= 0.6 is 0 Å². The molecular formula is C34H44F6O2SiZr-4. The molecular weight excluding hydrogens is 674 g/mol. The van der Waals surface area contributed by atoms with Crippen LogP contribution in [0.2, 0.25) is 0 Å². The van der Waals surface area contributed by atoms with Crippen LogP contribution in [0, 0.1) is 37.8 Å². The molecule has 0 aliphatic heterocycles. The zero-order valence-electron chi connectivity index (χ0n) is 26.7. The molecule has 44 heavy (non-hydrogen) atoms. The molecule has 0 unspecified atom stereocenters. The van der Waals surface area contributed by atoms with Gasteiger partial charge in [-0.25, -0.2) is 23.3 Å². The van der Waals surface area contributed by atoms with Crippen molar-refractivity contribution >= 4 is 6.88 Å². The van der Waals surface area contributed by atoms with E-state index in [2.05, 4.69) is 78.0 Å². The van der Waals surface area contributed by atoms with Crippen LogP contribution in [0.5, 0.6) is 11.5 Å². The topological polar surface area (TPSA) is 40.5 Å². The first-order valence-corrected chi connectivity index (χ1v) is 18.8. The Morgan fingerprint density at radius 2 is 0.818 bits per heavy atom. The molecule has 0 atom stereocenters. The molecule has 2 aliphatic rings. The standard InChI is InChI=1S/2C9H13.2C7H5F3O.2CH3.H2Si.Zr/c2*1-9(2,3)8-6-4-5-7-8;2*8-7(9,10)5-1-3-6(11)4-2-5;;;;/h2*4,6H,5H2,1-3H3;2*1-4,11H;2*1H3;1H2;/q2*-1;;;2*-1;;. The van der Waals surface area contributed by atoms with Crippen molar-refractivity contribution in [3.8, 4) is 11.5 Å². The van der Waals surface area contributed by atoms with Gasteiger partial charge in [-0.1, -0.05) is 41.5 Å². The summed E-state index contributed by atoms with van der Waals surface area (Å²) in [5, 5.41) is 17.3. The minimum atomic E-state index is -4.33. The molecule has 2 aromatic carbocycles. The zero-order chi connectivity index (χ0) is 32.8. The van der Waals surface area contributed by atoms with Gasteiger partial charge in [0.1, 0.15) is 11.5 Å². The second-order valence-corrected chi connectivity index (χ2v) is 11.0. The summed E-state index contributed by atoms with van der Waals surface area (Å²) in [6, 6.07) is 7.33. The predicted octanol–water partition coefficient (Wildman–Crippen LogP) is 10.2. The molecule has 2 nitrogen and oxygen atoms in total. The normalized spacial score (nSPS) is 13.3. The van der Waals surface area contributed by atoms with Crippen LogP contribution in [0.15, 0.2) is 84.0 Å². The Labute approximate surface area is 276 Å². The monoisotopic (exact) mass is 716 g/mol. The van der Waals surface area contributed by atoms with Crippen LogP contribution in [0.1, 0.15) is 65.5 Å². The molecule has 246 valence electrons. The number of alkyl halides is 6. The molecule has 0 amide bonds. The molecule has 2 N–H and O–H groups in total. The molecule has 0 spiro atoms. The Bertz CT molecular complexity index is 1100. The van der Waals surface area contributed by atoms with E-state index in [-0.39, 0.29) is 26.4 Å². The van der Waals surface area contributed by atoms with Crippen LogP contribution < -0.4 is 0 Å². The van der Waals surface area contributed by atoms with Crippen LogP contribution in [0.4, 0.5) is 26.3 Å². The molecule has 4 rings (SSSR count). The molecule has 0 aromatic heterocycles. The summed E-state index contributed by atoms with van der Waals surface area (Å²) in [4.78, 5) is 0. The van der Waals surface area contributed by atoms with Gasteiger partial charge >= 0.3 is 42.6 Å². The minimum absolute atomic E-state index is 0. The number of hydrogen-bond donors (Lipinski definition) is 2. The van der Waals surface area contributed by atoms with Crippen molar-refractivity contribution in [3.63, 3.8) is 0 Å². The van der Waals surface area contributed by atoms with E-state index >= 15 is 0 Å². The first kappa shape index (κ1) is 46.1. The van der Waals surface area contributed by atoms with Crippen LogP contribution in [-0.2, 0) is 35.7 Å². The number of rotatable bonds is 0. The van der Waals surface area contributed by atoms with Gasteiger partial charge in [0.15, 0.2) is 0 Å². The van der Waals surface area contributed by atoms with Gasteiger partial charge in [0, 0.05) is 0 Å². The average Bonchev–Trinajstić information content (AvgIpc) is 3.61. The molecule has 0 saturated carbocycles. The van der Waals surface area contributed by atoms with Crippen LogP contribution in [0.3, 0.4) is 0 Å². The molecule has 2 aliphatic carbocycles. The molecule has 0 radical (unpaired) electrons. The van der Waals surface area contributed by atoms with Gasteiger partial charge in [-0.05, 0) is 59.4 Å². The summed E-state index contributed by atoms with van der Waals surface area (Å²) >= 11 is 1.58. The van der Waals surface area contributed by atoms with Gasteiger partial charge in [-0.15, -0.1) is 12.8 Å². The second-order valence-electron chi connectivity index (χ2n) is 11.0. The van der Waals surface area contributed by atoms with Crippen molar-refractivity contribution in [1.82, 2.24) is 0 Å². The average molecular weight is 718 g/mol. The van der Waals surface area contributed by atoms with Gasteiger partial charge in [-0.2, -0.15) is 38.5 Å². The van der Waals surface area contributed by atoms with Crippen molar-refractivity contribution in [2.45, 2.75) is 66.7 Å². The Hall–Kier alpha value is -2.32. The fourth-order valence-corrected chi connectivity index (χ4v) is 3.14. The number of allylic oxidation sites excluding steroid dienone is 8. The van der Waals surface area contributed by atoms with E-state index < -0.39 is 23.5 Å². The molecule has 0 saturated heterocycles. The van der Waals surface area contributed by atoms with Crippen LogP contribution in [-0.4, -0.2) is 17.1 Å². The number of benzene rings is 2. The Kier molecular flexibility index (Phi) is 21.6. The van der Waals surface area contributed by atoms with E-state index in [9.17, 15) is 26.3 Å². The molecule has 0 bridgehead atoms. The molecule has 2 aromatic rings. The number of aromatic hydroxyl groups is 2. The third kappa shape index (κ3) is 19.1. The number of hydrogen-bond acceptors (Lipinski definition) is 2. The molecule has 0 heterocycles. The fraction of sp³-hybridized carbons (Fsp3) is 0.353. The summed E-state index contributed by atoms with van der Waals surface area (Å²) in [5.74, 6) is -0.337. The Morgan fingerprint density at radius 3 is 0.955 bits per heavy atom. The van der Waals surface area contributed by atoms with Crippen molar-refractivity contribution in [2.75, 3.05) is 0 Å². The van der Waals surface area contributed by atoms with E-state index in [1.54, 1.807) is 23.3 Å². The van der Waals surface area contributed by atoms with Crippen molar-refractivity contribution in [2.24, 2.45) is 10.8 Å². The number of halogens is 6. The summed E-state index contributed by atoms with van der Waals surface area (Å²) in [6.07, 6.45) is 8.61. The summed E-state index contributed by atoms with van der Waals surface area (Å²) in [5.41, 5.74) is 1.79. The van der Waals surface area contributed by atoms with E-state index in [1.165, 1.54) is 11.1 Å².